The number of ether oxygens (including phenoxy) is 1. The number of pyridine rings is 1. The Morgan fingerprint density at radius 3 is 3.11 bits per heavy atom. The molecule has 0 saturated carbocycles. The van der Waals surface area contributed by atoms with Crippen LogP contribution in [0.2, 0.25) is 0 Å². The summed E-state index contributed by atoms with van der Waals surface area (Å²) in [6, 6.07) is 3.92. The van der Waals surface area contributed by atoms with Crippen molar-refractivity contribution in [3.05, 3.63) is 23.9 Å². The van der Waals surface area contributed by atoms with Crippen LogP contribution in [-0.2, 0) is 6.54 Å². The van der Waals surface area contributed by atoms with Gasteiger partial charge in [0.15, 0.2) is 5.96 Å². The number of aliphatic imine (C=N–C) groups is 1. The van der Waals surface area contributed by atoms with E-state index in [1.165, 1.54) is 0 Å². The fourth-order valence-electron chi connectivity index (χ4n) is 1.66. The normalized spacial score (nSPS) is 13.9. The first kappa shape index (κ1) is 15.0. The lowest BCUT2D eigenvalue weighted by Crippen LogP contribution is -2.40. The van der Waals surface area contributed by atoms with E-state index in [0.29, 0.717) is 19.0 Å². The first-order chi connectivity index (χ1) is 8.40. The van der Waals surface area contributed by atoms with Gasteiger partial charge in [-0.25, -0.2) is 4.98 Å². The molecule has 0 fully saturated rings. The maximum atomic E-state index is 5.47. The molecule has 0 aliphatic carbocycles. The Morgan fingerprint density at radius 2 is 2.39 bits per heavy atom. The van der Waals surface area contributed by atoms with Crippen LogP contribution < -0.4 is 15.4 Å². The second-order valence-electron chi connectivity index (χ2n) is 3.76. The zero-order valence-corrected chi connectivity index (χ0v) is 12.8. The highest BCUT2D eigenvalue weighted by molar-refractivity contribution is 14.0. The van der Waals surface area contributed by atoms with Gasteiger partial charge in [-0.05, 0) is 19.4 Å². The summed E-state index contributed by atoms with van der Waals surface area (Å²) in [5, 5.41) is 6.47. The number of hydrogen-bond donors (Lipinski definition) is 2. The summed E-state index contributed by atoms with van der Waals surface area (Å²) in [6.45, 7) is 5.13. The summed E-state index contributed by atoms with van der Waals surface area (Å²) in [4.78, 5) is 8.56. The molecular formula is C12H19IN4O. The van der Waals surface area contributed by atoms with Crippen molar-refractivity contribution in [2.75, 3.05) is 19.7 Å². The Kier molecular flexibility index (Phi) is 6.77. The summed E-state index contributed by atoms with van der Waals surface area (Å²) < 4.78 is 5.47. The molecule has 5 nitrogen and oxygen atoms in total. The molecular weight excluding hydrogens is 343 g/mol. The molecule has 2 heterocycles. The first-order valence-corrected chi connectivity index (χ1v) is 5.99. The van der Waals surface area contributed by atoms with E-state index in [1.54, 1.807) is 6.20 Å². The zero-order chi connectivity index (χ0) is 11.9. The van der Waals surface area contributed by atoms with Gasteiger partial charge in [0.05, 0.1) is 6.61 Å². The van der Waals surface area contributed by atoms with E-state index < -0.39 is 0 Å². The summed E-state index contributed by atoms with van der Waals surface area (Å²) in [5.41, 5.74) is 1.05. The highest BCUT2D eigenvalue weighted by Gasteiger charge is 2.06. The van der Waals surface area contributed by atoms with Crippen LogP contribution in [0.1, 0.15) is 18.9 Å². The molecule has 0 saturated heterocycles. The molecule has 1 aliphatic rings. The van der Waals surface area contributed by atoms with E-state index >= 15 is 0 Å². The van der Waals surface area contributed by atoms with Gasteiger partial charge in [-0.15, -0.1) is 24.0 Å². The second kappa shape index (κ2) is 8.12. The molecule has 1 aliphatic heterocycles. The van der Waals surface area contributed by atoms with Crippen molar-refractivity contribution in [1.29, 1.82) is 0 Å². The Balaban J connectivity index is 0.00000162. The molecule has 0 atom stereocenters. The zero-order valence-electron chi connectivity index (χ0n) is 10.5. The van der Waals surface area contributed by atoms with Crippen molar-refractivity contribution >= 4 is 29.9 Å². The Bertz CT molecular complexity index is 397. The molecule has 100 valence electrons. The van der Waals surface area contributed by atoms with E-state index in [-0.39, 0.29) is 24.0 Å². The number of hydrogen-bond acceptors (Lipinski definition) is 5. The Hall–Kier alpha value is -1.05. The maximum absolute atomic E-state index is 5.47. The second-order valence-corrected chi connectivity index (χ2v) is 3.76. The molecule has 2 N–H and O–H groups in total. The van der Waals surface area contributed by atoms with Gasteiger partial charge in [0.25, 0.3) is 0 Å². The maximum Gasteiger partial charge on any atom is 0.218 e. The van der Waals surface area contributed by atoms with Crippen molar-refractivity contribution in [2.45, 2.75) is 19.9 Å². The predicted octanol–water partition coefficient (Wildman–Crippen LogP) is 1.54. The van der Waals surface area contributed by atoms with Crippen molar-refractivity contribution in [3.63, 3.8) is 0 Å². The van der Waals surface area contributed by atoms with Gasteiger partial charge in [-0.3, -0.25) is 4.99 Å². The largest absolute Gasteiger partial charge is 0.478 e. The highest BCUT2D eigenvalue weighted by Crippen LogP contribution is 2.13. The molecule has 0 aromatic carbocycles. The molecule has 0 spiro atoms. The predicted molar refractivity (Wildman–Crippen MR) is 82.6 cm³/mol. The minimum atomic E-state index is 0. The van der Waals surface area contributed by atoms with Crippen LogP contribution in [0.25, 0.3) is 0 Å². The molecule has 6 heteroatoms. The van der Waals surface area contributed by atoms with Gasteiger partial charge in [0.2, 0.25) is 5.88 Å². The average molecular weight is 362 g/mol. The lowest BCUT2D eigenvalue weighted by Gasteiger charge is -2.16. The van der Waals surface area contributed by atoms with E-state index in [1.807, 2.05) is 19.1 Å². The van der Waals surface area contributed by atoms with Crippen LogP contribution in [0.15, 0.2) is 23.3 Å². The third-order valence-corrected chi connectivity index (χ3v) is 2.47. The van der Waals surface area contributed by atoms with Crippen molar-refractivity contribution < 1.29 is 4.74 Å². The SMILES string of the molecule is CCOc1ncccc1CNC1=NCCCN1.I. The van der Waals surface area contributed by atoms with Crippen LogP contribution in [0.5, 0.6) is 5.88 Å². The average Bonchev–Trinajstić information content (AvgIpc) is 2.39. The molecule has 1 aromatic rings. The van der Waals surface area contributed by atoms with Gasteiger partial charge in [-0.2, -0.15) is 0 Å². The summed E-state index contributed by atoms with van der Waals surface area (Å²) >= 11 is 0. The topological polar surface area (TPSA) is 58.5 Å². The molecule has 0 unspecified atom stereocenters. The summed E-state index contributed by atoms with van der Waals surface area (Å²) in [6.07, 6.45) is 2.84. The fraction of sp³-hybridized carbons (Fsp3) is 0.500. The molecule has 0 bridgehead atoms. The van der Waals surface area contributed by atoms with E-state index in [4.69, 9.17) is 4.74 Å². The van der Waals surface area contributed by atoms with E-state index in [0.717, 1.165) is 31.0 Å². The lowest BCUT2D eigenvalue weighted by atomic mass is 10.2. The van der Waals surface area contributed by atoms with Crippen molar-refractivity contribution in [3.8, 4) is 5.88 Å². The monoisotopic (exact) mass is 362 g/mol. The van der Waals surface area contributed by atoms with Crippen LogP contribution in [0.3, 0.4) is 0 Å². The molecule has 0 radical (unpaired) electrons. The van der Waals surface area contributed by atoms with E-state index in [2.05, 4.69) is 20.6 Å². The van der Waals surface area contributed by atoms with Gasteiger partial charge in [0.1, 0.15) is 0 Å². The van der Waals surface area contributed by atoms with Crippen molar-refractivity contribution in [2.24, 2.45) is 4.99 Å². The van der Waals surface area contributed by atoms with Crippen LogP contribution >= 0.6 is 24.0 Å². The van der Waals surface area contributed by atoms with Crippen LogP contribution in [-0.4, -0.2) is 30.6 Å². The smallest absolute Gasteiger partial charge is 0.218 e. The van der Waals surface area contributed by atoms with Gasteiger partial charge >= 0.3 is 0 Å². The Labute approximate surface area is 124 Å². The van der Waals surface area contributed by atoms with Gasteiger partial charge in [-0.1, -0.05) is 6.07 Å². The van der Waals surface area contributed by atoms with Gasteiger partial charge < -0.3 is 15.4 Å². The third-order valence-electron chi connectivity index (χ3n) is 2.47. The Morgan fingerprint density at radius 1 is 1.50 bits per heavy atom. The standard InChI is InChI=1S/C12H18N4O.HI/c1-2-17-11-10(5-3-6-13-11)9-16-12-14-7-4-8-15-12;/h3,5-6H,2,4,7-9H2,1H3,(H2,14,15,16);1H. The van der Waals surface area contributed by atoms with Gasteiger partial charge in [0, 0.05) is 31.4 Å². The number of nitrogens with zero attached hydrogens (tertiary/aromatic N) is 2. The number of aromatic nitrogens is 1. The molecule has 0 amide bonds. The minimum Gasteiger partial charge on any atom is -0.478 e. The molecule has 1 aromatic heterocycles. The highest BCUT2D eigenvalue weighted by atomic mass is 127. The number of halogens is 1. The van der Waals surface area contributed by atoms with Crippen LogP contribution in [0, 0.1) is 0 Å². The quantitative estimate of drug-likeness (QED) is 0.798. The van der Waals surface area contributed by atoms with Crippen molar-refractivity contribution in [1.82, 2.24) is 15.6 Å². The summed E-state index contributed by atoms with van der Waals surface area (Å²) in [5.74, 6) is 1.56. The van der Waals surface area contributed by atoms with Crippen LogP contribution in [0.4, 0.5) is 0 Å². The number of guanidine groups is 1. The molecule has 18 heavy (non-hydrogen) atoms. The third kappa shape index (κ3) is 4.32. The minimum absolute atomic E-state index is 0. The first-order valence-electron chi connectivity index (χ1n) is 5.99. The summed E-state index contributed by atoms with van der Waals surface area (Å²) in [7, 11) is 0. The molecule has 2 rings (SSSR count). The fourth-order valence-corrected chi connectivity index (χ4v) is 1.66. The number of nitrogens with one attached hydrogen (secondary N) is 2. The number of rotatable bonds is 4. The lowest BCUT2D eigenvalue weighted by molar-refractivity contribution is 0.322. The van der Waals surface area contributed by atoms with E-state index in [9.17, 15) is 0 Å².